The molecule has 1 unspecified atom stereocenters. The van der Waals surface area contributed by atoms with E-state index in [9.17, 15) is 9.90 Å². The van der Waals surface area contributed by atoms with Crippen LogP contribution in [0.25, 0.3) is 0 Å². The minimum absolute atomic E-state index is 0.0217. The fourth-order valence-electron chi connectivity index (χ4n) is 2.23. The molecule has 2 N–H and O–H groups in total. The Kier molecular flexibility index (Phi) is 3.16. The van der Waals surface area contributed by atoms with Crippen molar-refractivity contribution in [2.24, 2.45) is 5.41 Å². The molecule has 0 spiro atoms. The van der Waals surface area contributed by atoms with Crippen molar-refractivity contribution in [3.05, 3.63) is 27.8 Å². The molecule has 4 heteroatoms. The quantitative estimate of drug-likeness (QED) is 0.821. The highest BCUT2D eigenvalue weighted by Gasteiger charge is 2.30. The molecule has 1 aliphatic heterocycles. The van der Waals surface area contributed by atoms with Crippen LogP contribution in [0.1, 0.15) is 43.6 Å². The van der Waals surface area contributed by atoms with Crippen LogP contribution in [-0.2, 0) is 11.2 Å². The number of hydrogen-bond donors (Lipinski definition) is 2. The minimum Gasteiger partial charge on any atom is -0.388 e. The minimum atomic E-state index is -0.648. The maximum Gasteiger partial charge on any atom is 0.228 e. The molecule has 1 aliphatic rings. The molecule has 1 atom stereocenters. The number of anilines is 1. The second-order valence-corrected chi connectivity index (χ2v) is 6.31. The fourth-order valence-corrected chi connectivity index (χ4v) is 2.48. The number of aliphatic hydroxyl groups excluding tert-OH is 1. The Hall–Kier alpha value is -1.06. The number of benzene rings is 1. The van der Waals surface area contributed by atoms with Crippen molar-refractivity contribution in [2.45, 2.75) is 40.2 Å². The molecular weight excluding hydrogens is 250 g/mol. The van der Waals surface area contributed by atoms with Crippen LogP contribution in [0.5, 0.6) is 0 Å². The Bertz CT molecular complexity index is 518. The van der Waals surface area contributed by atoms with E-state index in [0.29, 0.717) is 17.0 Å². The smallest absolute Gasteiger partial charge is 0.228 e. The summed E-state index contributed by atoms with van der Waals surface area (Å²) in [5, 5.41) is 13.7. The first-order valence-electron chi connectivity index (χ1n) is 6.01. The lowest BCUT2D eigenvalue weighted by atomic mass is 9.83. The van der Waals surface area contributed by atoms with E-state index in [4.69, 9.17) is 11.6 Å². The van der Waals surface area contributed by atoms with Gasteiger partial charge in [0.05, 0.1) is 17.5 Å². The number of fused-ring (bicyclic) bond motifs is 1. The molecule has 0 saturated carbocycles. The molecule has 1 amide bonds. The van der Waals surface area contributed by atoms with Crippen LogP contribution in [0, 0.1) is 12.3 Å². The lowest BCUT2D eigenvalue weighted by Crippen LogP contribution is -2.18. The Morgan fingerprint density at radius 1 is 1.44 bits per heavy atom. The molecule has 0 radical (unpaired) electrons. The van der Waals surface area contributed by atoms with Crippen molar-refractivity contribution in [1.82, 2.24) is 0 Å². The van der Waals surface area contributed by atoms with Gasteiger partial charge in [-0.3, -0.25) is 4.79 Å². The van der Waals surface area contributed by atoms with E-state index in [1.54, 1.807) is 0 Å². The molecule has 0 fully saturated rings. The predicted octanol–water partition coefficient (Wildman–Crippen LogP) is 3.22. The van der Waals surface area contributed by atoms with Gasteiger partial charge in [0, 0.05) is 11.3 Å². The zero-order valence-electron chi connectivity index (χ0n) is 11.1. The van der Waals surface area contributed by atoms with E-state index in [1.165, 1.54) is 0 Å². The summed E-state index contributed by atoms with van der Waals surface area (Å²) in [6, 6.07) is 1.85. The van der Waals surface area contributed by atoms with Crippen molar-refractivity contribution >= 4 is 23.2 Å². The largest absolute Gasteiger partial charge is 0.388 e. The van der Waals surface area contributed by atoms with Gasteiger partial charge in [-0.05, 0) is 29.5 Å². The number of aliphatic hydroxyl groups is 1. The Morgan fingerprint density at radius 2 is 2.06 bits per heavy atom. The van der Waals surface area contributed by atoms with Gasteiger partial charge in [-0.25, -0.2) is 0 Å². The molecule has 2 rings (SSSR count). The average Bonchev–Trinajstić information content (AvgIpc) is 2.62. The third-order valence-electron chi connectivity index (χ3n) is 3.34. The van der Waals surface area contributed by atoms with Crippen molar-refractivity contribution < 1.29 is 9.90 Å². The van der Waals surface area contributed by atoms with Crippen LogP contribution < -0.4 is 5.32 Å². The number of carbonyl (C=O) groups is 1. The first-order chi connectivity index (χ1) is 8.21. The molecule has 18 heavy (non-hydrogen) atoms. The van der Waals surface area contributed by atoms with Gasteiger partial charge in [-0.15, -0.1) is 0 Å². The summed E-state index contributed by atoms with van der Waals surface area (Å²) in [4.78, 5) is 11.4. The summed E-state index contributed by atoms with van der Waals surface area (Å²) in [5.41, 5.74) is 2.96. The number of nitrogens with one attached hydrogen (secondary N) is 1. The van der Waals surface area contributed by atoms with Gasteiger partial charge >= 0.3 is 0 Å². The van der Waals surface area contributed by atoms with Crippen LogP contribution in [0.3, 0.4) is 0 Å². The Labute approximate surface area is 112 Å². The van der Waals surface area contributed by atoms with Gasteiger partial charge in [0.25, 0.3) is 0 Å². The zero-order chi connectivity index (χ0) is 13.7. The number of rotatable bonds is 1. The molecule has 1 aromatic rings. The first kappa shape index (κ1) is 13.4. The highest BCUT2D eigenvalue weighted by Crippen LogP contribution is 2.42. The lowest BCUT2D eigenvalue weighted by Gasteiger charge is -2.28. The topological polar surface area (TPSA) is 49.3 Å². The molecule has 0 aliphatic carbocycles. The first-order valence-corrected chi connectivity index (χ1v) is 6.39. The van der Waals surface area contributed by atoms with Crippen LogP contribution in [0.2, 0.25) is 5.02 Å². The Balaban J connectivity index is 2.55. The van der Waals surface area contributed by atoms with Crippen LogP contribution in [0.4, 0.5) is 5.69 Å². The number of hydrogen-bond acceptors (Lipinski definition) is 2. The standard InChI is InChI=1S/C14H18ClNO2/c1-7-11(15)9(13(18)14(2,3)4)5-8-6-10(17)16-12(7)8/h5,13,18H,6H2,1-4H3,(H,16,17). The third kappa shape index (κ3) is 2.13. The van der Waals surface area contributed by atoms with Gasteiger partial charge < -0.3 is 10.4 Å². The van der Waals surface area contributed by atoms with Gasteiger partial charge in [0.2, 0.25) is 5.91 Å². The summed E-state index contributed by atoms with van der Waals surface area (Å²) in [5.74, 6) is -0.0217. The third-order valence-corrected chi connectivity index (χ3v) is 3.84. The molecular formula is C14H18ClNO2. The van der Waals surface area contributed by atoms with Gasteiger partial charge in [-0.2, -0.15) is 0 Å². The lowest BCUT2D eigenvalue weighted by molar-refractivity contribution is -0.115. The molecule has 0 saturated heterocycles. The van der Waals surface area contributed by atoms with E-state index in [-0.39, 0.29) is 11.3 Å². The molecule has 1 heterocycles. The molecule has 0 aromatic heterocycles. The van der Waals surface area contributed by atoms with E-state index in [1.807, 2.05) is 33.8 Å². The maximum atomic E-state index is 11.4. The summed E-state index contributed by atoms with van der Waals surface area (Å²) in [6.07, 6.45) is -0.290. The van der Waals surface area contributed by atoms with Crippen molar-refractivity contribution in [1.29, 1.82) is 0 Å². The van der Waals surface area contributed by atoms with E-state index < -0.39 is 6.10 Å². The van der Waals surface area contributed by atoms with Crippen molar-refractivity contribution in [2.75, 3.05) is 5.32 Å². The zero-order valence-corrected chi connectivity index (χ0v) is 11.9. The van der Waals surface area contributed by atoms with Gasteiger partial charge in [0.1, 0.15) is 0 Å². The molecule has 1 aromatic carbocycles. The highest BCUT2D eigenvalue weighted by molar-refractivity contribution is 6.33. The maximum absolute atomic E-state index is 11.4. The monoisotopic (exact) mass is 267 g/mol. The number of halogens is 1. The van der Waals surface area contributed by atoms with Crippen LogP contribution in [0.15, 0.2) is 6.07 Å². The fraction of sp³-hybridized carbons (Fsp3) is 0.500. The second kappa shape index (κ2) is 4.25. The number of amides is 1. The van der Waals surface area contributed by atoms with Gasteiger partial charge in [0.15, 0.2) is 0 Å². The van der Waals surface area contributed by atoms with Crippen molar-refractivity contribution in [3.63, 3.8) is 0 Å². The SMILES string of the molecule is Cc1c(Cl)c(C(O)C(C)(C)C)cc2c1NC(=O)C2. The Morgan fingerprint density at radius 3 is 2.61 bits per heavy atom. The summed E-state index contributed by atoms with van der Waals surface area (Å²) < 4.78 is 0. The van der Waals surface area contributed by atoms with Crippen molar-refractivity contribution in [3.8, 4) is 0 Å². The average molecular weight is 268 g/mol. The summed E-state index contributed by atoms with van der Waals surface area (Å²) >= 11 is 6.31. The van der Waals surface area contributed by atoms with Crippen LogP contribution in [-0.4, -0.2) is 11.0 Å². The van der Waals surface area contributed by atoms with Crippen LogP contribution >= 0.6 is 11.6 Å². The van der Waals surface area contributed by atoms with E-state index in [2.05, 4.69) is 5.32 Å². The normalized spacial score (nSPS) is 16.4. The summed E-state index contributed by atoms with van der Waals surface area (Å²) in [7, 11) is 0. The molecule has 0 bridgehead atoms. The summed E-state index contributed by atoms with van der Waals surface area (Å²) in [6.45, 7) is 7.74. The molecule has 98 valence electrons. The highest BCUT2D eigenvalue weighted by atomic mass is 35.5. The van der Waals surface area contributed by atoms with Gasteiger partial charge in [-0.1, -0.05) is 32.4 Å². The number of carbonyl (C=O) groups excluding carboxylic acids is 1. The second-order valence-electron chi connectivity index (χ2n) is 5.93. The predicted molar refractivity (Wildman–Crippen MR) is 72.9 cm³/mol. The van der Waals surface area contributed by atoms with E-state index >= 15 is 0 Å². The van der Waals surface area contributed by atoms with E-state index in [0.717, 1.165) is 16.8 Å². The molecule has 3 nitrogen and oxygen atoms in total.